The van der Waals surface area contributed by atoms with Crippen molar-refractivity contribution in [3.8, 4) is 0 Å². The summed E-state index contributed by atoms with van der Waals surface area (Å²) in [5.41, 5.74) is 2.15. The van der Waals surface area contributed by atoms with Gasteiger partial charge in [0.05, 0.1) is 18.4 Å². The molecule has 0 saturated carbocycles. The third-order valence-corrected chi connectivity index (χ3v) is 2.77. The molecule has 5 heteroatoms. The molecule has 0 atom stereocenters. The lowest BCUT2D eigenvalue weighted by Gasteiger charge is -2.04. The van der Waals surface area contributed by atoms with Gasteiger partial charge in [-0.25, -0.2) is 4.98 Å². The van der Waals surface area contributed by atoms with Crippen LogP contribution in [0.25, 0.3) is 0 Å². The standard InChI is InChI=1S/C10H13ClN4/c1-7-4-8(2)15(13-7)6-10-12-5-9(11)14(10)3/h4-5H,6H2,1-3H3. The number of nitrogens with zero attached hydrogens (tertiary/aromatic N) is 4. The van der Waals surface area contributed by atoms with Crippen molar-refractivity contribution in [1.29, 1.82) is 0 Å². The van der Waals surface area contributed by atoms with Crippen molar-refractivity contribution < 1.29 is 0 Å². The molecule has 0 fully saturated rings. The monoisotopic (exact) mass is 224 g/mol. The maximum atomic E-state index is 5.91. The first-order valence-corrected chi connectivity index (χ1v) is 5.13. The van der Waals surface area contributed by atoms with Crippen LogP contribution in [-0.2, 0) is 13.6 Å². The van der Waals surface area contributed by atoms with E-state index in [2.05, 4.69) is 10.1 Å². The molecule has 2 aromatic heterocycles. The average Bonchev–Trinajstić information content (AvgIpc) is 2.64. The smallest absolute Gasteiger partial charge is 0.131 e. The van der Waals surface area contributed by atoms with E-state index in [1.807, 2.05) is 36.2 Å². The molecule has 15 heavy (non-hydrogen) atoms. The van der Waals surface area contributed by atoms with Crippen molar-refractivity contribution in [3.05, 3.63) is 34.6 Å². The van der Waals surface area contributed by atoms with E-state index in [4.69, 9.17) is 11.6 Å². The van der Waals surface area contributed by atoms with Crippen molar-refractivity contribution in [1.82, 2.24) is 19.3 Å². The number of halogens is 1. The Morgan fingerprint density at radius 1 is 1.40 bits per heavy atom. The molecule has 0 N–H and O–H groups in total. The van der Waals surface area contributed by atoms with E-state index in [0.717, 1.165) is 17.2 Å². The Bertz CT molecular complexity index is 484. The van der Waals surface area contributed by atoms with Crippen molar-refractivity contribution in [2.75, 3.05) is 0 Å². The molecule has 0 aliphatic carbocycles. The summed E-state index contributed by atoms with van der Waals surface area (Å²) < 4.78 is 3.78. The predicted molar refractivity (Wildman–Crippen MR) is 59.0 cm³/mol. The highest BCUT2D eigenvalue weighted by molar-refractivity contribution is 6.29. The number of hydrogen-bond donors (Lipinski definition) is 0. The van der Waals surface area contributed by atoms with E-state index in [9.17, 15) is 0 Å². The minimum absolute atomic E-state index is 0.645. The van der Waals surface area contributed by atoms with Crippen LogP contribution in [0.2, 0.25) is 5.15 Å². The normalized spacial score (nSPS) is 10.9. The second-order valence-electron chi connectivity index (χ2n) is 3.64. The molecule has 0 aliphatic heterocycles. The fraction of sp³-hybridized carbons (Fsp3) is 0.400. The minimum Gasteiger partial charge on any atom is -0.321 e. The number of rotatable bonds is 2. The zero-order valence-corrected chi connectivity index (χ0v) is 9.78. The highest BCUT2D eigenvalue weighted by Gasteiger charge is 2.07. The fourth-order valence-electron chi connectivity index (χ4n) is 1.54. The summed E-state index contributed by atoms with van der Waals surface area (Å²) in [7, 11) is 1.90. The molecule has 2 rings (SSSR count). The lowest BCUT2D eigenvalue weighted by molar-refractivity contribution is 0.612. The Morgan fingerprint density at radius 3 is 2.60 bits per heavy atom. The Balaban J connectivity index is 2.29. The SMILES string of the molecule is Cc1cc(C)n(Cc2ncc(Cl)n2C)n1. The van der Waals surface area contributed by atoms with Crippen molar-refractivity contribution in [3.63, 3.8) is 0 Å². The number of hydrogen-bond acceptors (Lipinski definition) is 2. The zero-order chi connectivity index (χ0) is 11.0. The molecule has 4 nitrogen and oxygen atoms in total. The lowest BCUT2D eigenvalue weighted by atomic mass is 10.4. The summed E-state index contributed by atoms with van der Waals surface area (Å²) in [5, 5.41) is 5.02. The van der Waals surface area contributed by atoms with Gasteiger partial charge in [0, 0.05) is 12.7 Å². The molecule has 0 saturated heterocycles. The van der Waals surface area contributed by atoms with Gasteiger partial charge in [-0.05, 0) is 19.9 Å². The van der Waals surface area contributed by atoms with Crippen LogP contribution in [0.1, 0.15) is 17.2 Å². The van der Waals surface area contributed by atoms with Crippen molar-refractivity contribution in [2.45, 2.75) is 20.4 Å². The maximum absolute atomic E-state index is 5.91. The Morgan fingerprint density at radius 2 is 2.13 bits per heavy atom. The van der Waals surface area contributed by atoms with Crippen LogP contribution in [0.4, 0.5) is 0 Å². The summed E-state index contributed by atoms with van der Waals surface area (Å²) >= 11 is 5.91. The van der Waals surface area contributed by atoms with E-state index in [1.54, 1.807) is 6.20 Å². The van der Waals surface area contributed by atoms with E-state index in [0.29, 0.717) is 11.7 Å². The van der Waals surface area contributed by atoms with Crippen LogP contribution in [0, 0.1) is 13.8 Å². The first kappa shape index (κ1) is 10.2. The van der Waals surface area contributed by atoms with Gasteiger partial charge in [-0.3, -0.25) is 4.68 Å². The number of aromatic nitrogens is 4. The third-order valence-electron chi connectivity index (χ3n) is 2.42. The molecule has 0 bridgehead atoms. The minimum atomic E-state index is 0.645. The Labute approximate surface area is 93.5 Å². The van der Waals surface area contributed by atoms with Gasteiger partial charge in [0.25, 0.3) is 0 Å². The maximum Gasteiger partial charge on any atom is 0.131 e. The van der Waals surface area contributed by atoms with Crippen LogP contribution >= 0.6 is 11.6 Å². The van der Waals surface area contributed by atoms with Gasteiger partial charge < -0.3 is 4.57 Å². The summed E-state index contributed by atoms with van der Waals surface area (Å²) in [5.74, 6) is 0.909. The molecule has 2 heterocycles. The molecule has 0 unspecified atom stereocenters. The van der Waals surface area contributed by atoms with Gasteiger partial charge in [-0.15, -0.1) is 0 Å². The Kier molecular flexibility index (Phi) is 2.52. The van der Waals surface area contributed by atoms with Gasteiger partial charge in [-0.2, -0.15) is 5.10 Å². The first-order valence-electron chi connectivity index (χ1n) is 4.75. The largest absolute Gasteiger partial charge is 0.321 e. The molecule has 80 valence electrons. The quantitative estimate of drug-likeness (QED) is 0.782. The zero-order valence-electron chi connectivity index (χ0n) is 9.03. The molecule has 0 amide bonds. The second kappa shape index (κ2) is 3.70. The van der Waals surface area contributed by atoms with Crippen LogP contribution < -0.4 is 0 Å². The third kappa shape index (κ3) is 1.90. The molecular formula is C10H13ClN4. The van der Waals surface area contributed by atoms with E-state index < -0.39 is 0 Å². The van der Waals surface area contributed by atoms with Crippen molar-refractivity contribution in [2.24, 2.45) is 7.05 Å². The number of imidazole rings is 1. The number of aryl methyl sites for hydroxylation is 2. The van der Waals surface area contributed by atoms with E-state index in [-0.39, 0.29) is 0 Å². The van der Waals surface area contributed by atoms with Crippen LogP contribution in [0.15, 0.2) is 12.3 Å². The predicted octanol–water partition coefficient (Wildman–Crippen LogP) is 1.94. The Hall–Kier alpha value is -1.29. The van der Waals surface area contributed by atoms with Gasteiger partial charge in [-0.1, -0.05) is 11.6 Å². The lowest BCUT2D eigenvalue weighted by Crippen LogP contribution is -2.08. The van der Waals surface area contributed by atoms with Crippen LogP contribution in [-0.4, -0.2) is 19.3 Å². The van der Waals surface area contributed by atoms with Gasteiger partial charge in [0.15, 0.2) is 0 Å². The summed E-state index contributed by atoms with van der Waals surface area (Å²) in [6, 6.07) is 2.05. The summed E-state index contributed by atoms with van der Waals surface area (Å²) in [6.45, 7) is 4.67. The van der Waals surface area contributed by atoms with Gasteiger partial charge in [0.1, 0.15) is 11.0 Å². The van der Waals surface area contributed by atoms with E-state index in [1.165, 1.54) is 0 Å². The fourth-order valence-corrected chi connectivity index (χ4v) is 1.69. The second-order valence-corrected chi connectivity index (χ2v) is 4.03. The average molecular weight is 225 g/mol. The molecule has 0 radical (unpaired) electrons. The van der Waals surface area contributed by atoms with Gasteiger partial charge in [0.2, 0.25) is 0 Å². The highest BCUT2D eigenvalue weighted by Crippen LogP contribution is 2.11. The van der Waals surface area contributed by atoms with E-state index >= 15 is 0 Å². The van der Waals surface area contributed by atoms with Crippen molar-refractivity contribution >= 4 is 11.6 Å². The molecular weight excluding hydrogens is 212 g/mol. The molecule has 0 aliphatic rings. The summed E-state index contributed by atoms with van der Waals surface area (Å²) in [6.07, 6.45) is 1.66. The molecule has 2 aromatic rings. The molecule has 0 spiro atoms. The van der Waals surface area contributed by atoms with Crippen LogP contribution in [0.3, 0.4) is 0 Å². The summed E-state index contributed by atoms with van der Waals surface area (Å²) in [4.78, 5) is 4.23. The molecule has 0 aromatic carbocycles. The topological polar surface area (TPSA) is 35.6 Å². The van der Waals surface area contributed by atoms with Gasteiger partial charge >= 0.3 is 0 Å². The van der Waals surface area contributed by atoms with Crippen LogP contribution in [0.5, 0.6) is 0 Å². The highest BCUT2D eigenvalue weighted by atomic mass is 35.5. The first-order chi connectivity index (χ1) is 7.08.